The van der Waals surface area contributed by atoms with Crippen LogP contribution in [0.4, 0.5) is 0 Å². The summed E-state index contributed by atoms with van der Waals surface area (Å²) in [7, 11) is 1.35. The molecule has 1 aromatic rings. The molecule has 3 heteroatoms. The van der Waals surface area contributed by atoms with Crippen molar-refractivity contribution < 1.29 is 14.3 Å². The molecule has 0 heterocycles. The number of esters is 1. The number of carbonyl (C=O) groups is 1. The topological polar surface area (TPSA) is 35.5 Å². The molecule has 0 aromatic heterocycles. The average molecular weight is 232 g/mol. The number of fused-ring (bicyclic) bond motifs is 1. The van der Waals surface area contributed by atoms with Crippen LogP contribution in [0.15, 0.2) is 30.4 Å². The predicted molar refractivity (Wildman–Crippen MR) is 65.1 cm³/mol. The Morgan fingerprint density at radius 3 is 2.94 bits per heavy atom. The molecule has 0 spiro atoms. The molecule has 0 saturated heterocycles. The molecule has 0 atom stereocenters. The lowest BCUT2D eigenvalue weighted by Crippen LogP contribution is -2.13. The fourth-order valence-corrected chi connectivity index (χ4v) is 1.97. The molecule has 0 radical (unpaired) electrons. The number of hydrogen-bond acceptors (Lipinski definition) is 3. The summed E-state index contributed by atoms with van der Waals surface area (Å²) in [4.78, 5) is 11.0. The Balaban J connectivity index is 2.07. The molecule has 1 aromatic carbocycles. The summed E-state index contributed by atoms with van der Waals surface area (Å²) in [6, 6.07) is 5.95. The van der Waals surface area contributed by atoms with Crippen molar-refractivity contribution in [2.75, 3.05) is 13.7 Å². The van der Waals surface area contributed by atoms with E-state index in [1.54, 1.807) is 0 Å². The molecule has 1 aliphatic carbocycles. The summed E-state index contributed by atoms with van der Waals surface area (Å²) >= 11 is 0. The minimum absolute atomic E-state index is 0.0454. The molecule has 0 saturated carbocycles. The van der Waals surface area contributed by atoms with Crippen LogP contribution in [-0.4, -0.2) is 19.7 Å². The van der Waals surface area contributed by atoms with Gasteiger partial charge in [-0.3, -0.25) is 0 Å². The van der Waals surface area contributed by atoms with Gasteiger partial charge in [-0.05, 0) is 42.5 Å². The Hall–Kier alpha value is -1.77. The third-order valence-corrected chi connectivity index (χ3v) is 2.95. The molecule has 0 amide bonds. The Morgan fingerprint density at radius 2 is 2.18 bits per heavy atom. The van der Waals surface area contributed by atoms with Gasteiger partial charge in [0.05, 0.1) is 7.11 Å². The number of carbonyl (C=O) groups excluding carboxylic acids is 1. The Bertz CT molecular complexity index is 449. The van der Waals surface area contributed by atoms with Crippen LogP contribution in [0.5, 0.6) is 5.75 Å². The van der Waals surface area contributed by atoms with Gasteiger partial charge in [0.25, 0.3) is 0 Å². The molecule has 90 valence electrons. The van der Waals surface area contributed by atoms with Gasteiger partial charge in [-0.1, -0.05) is 18.2 Å². The molecule has 0 N–H and O–H groups in total. The van der Waals surface area contributed by atoms with Crippen molar-refractivity contribution in [3.63, 3.8) is 0 Å². The zero-order chi connectivity index (χ0) is 12.3. The van der Waals surface area contributed by atoms with E-state index in [0.29, 0.717) is 5.75 Å². The van der Waals surface area contributed by atoms with Crippen LogP contribution in [0.25, 0.3) is 0 Å². The second kappa shape index (κ2) is 5.04. The van der Waals surface area contributed by atoms with Gasteiger partial charge >= 0.3 is 5.97 Å². The summed E-state index contributed by atoms with van der Waals surface area (Å²) in [6.07, 6.45) is 3.02. The Kier molecular flexibility index (Phi) is 3.47. The van der Waals surface area contributed by atoms with E-state index in [4.69, 9.17) is 4.74 Å². The van der Waals surface area contributed by atoms with Crippen LogP contribution in [-0.2, 0) is 22.4 Å². The summed E-state index contributed by atoms with van der Waals surface area (Å²) in [5.41, 5.74) is 3.86. The molecule has 2 rings (SSSR count). The van der Waals surface area contributed by atoms with Gasteiger partial charge in [0, 0.05) is 0 Å². The number of benzene rings is 1. The molecule has 0 bridgehead atoms. The zero-order valence-corrected chi connectivity index (χ0v) is 9.99. The third kappa shape index (κ3) is 2.87. The fraction of sp³-hybridized carbons (Fsp3) is 0.357. The predicted octanol–water partition coefficient (Wildman–Crippen LogP) is 2.28. The van der Waals surface area contributed by atoms with Crippen molar-refractivity contribution >= 4 is 5.97 Å². The lowest BCUT2D eigenvalue weighted by Gasteiger charge is -2.18. The van der Waals surface area contributed by atoms with E-state index in [0.717, 1.165) is 19.3 Å². The van der Waals surface area contributed by atoms with E-state index in [-0.39, 0.29) is 12.6 Å². The normalized spacial score (nSPS) is 14.1. The van der Waals surface area contributed by atoms with Crippen molar-refractivity contribution in [2.24, 2.45) is 0 Å². The first kappa shape index (κ1) is 11.7. The smallest absolute Gasteiger partial charge is 0.343 e. The molecular weight excluding hydrogens is 216 g/mol. The summed E-state index contributed by atoms with van der Waals surface area (Å²) < 4.78 is 9.88. The Labute approximate surface area is 101 Å². The lowest BCUT2D eigenvalue weighted by atomic mass is 9.89. The summed E-state index contributed by atoms with van der Waals surface area (Å²) in [5, 5.41) is 0. The fourth-order valence-electron chi connectivity index (χ4n) is 1.97. The van der Waals surface area contributed by atoms with Gasteiger partial charge in [-0.25, -0.2) is 4.79 Å². The molecule has 0 fully saturated rings. The number of methoxy groups -OCH3 is 1. The van der Waals surface area contributed by atoms with Gasteiger partial charge < -0.3 is 9.47 Å². The first-order chi connectivity index (χ1) is 8.19. The molecule has 1 aliphatic rings. The highest BCUT2D eigenvalue weighted by Crippen LogP contribution is 2.27. The highest BCUT2D eigenvalue weighted by Gasteiger charge is 2.12. The minimum atomic E-state index is -0.368. The van der Waals surface area contributed by atoms with E-state index in [1.807, 2.05) is 12.1 Å². The maximum Gasteiger partial charge on any atom is 0.343 e. The number of rotatable bonds is 3. The molecule has 0 unspecified atom stereocenters. The lowest BCUT2D eigenvalue weighted by molar-refractivity contribution is -0.142. The van der Waals surface area contributed by atoms with Gasteiger partial charge in [-0.15, -0.1) is 0 Å². The van der Waals surface area contributed by atoms with Crippen LogP contribution in [0.2, 0.25) is 0 Å². The summed E-state index contributed by atoms with van der Waals surface area (Å²) in [5.74, 6) is 0.344. The number of aryl methyl sites for hydroxylation is 1. The molecule has 17 heavy (non-hydrogen) atoms. The van der Waals surface area contributed by atoms with Crippen molar-refractivity contribution in [3.8, 4) is 5.75 Å². The zero-order valence-electron chi connectivity index (χ0n) is 9.99. The maximum absolute atomic E-state index is 11.0. The third-order valence-electron chi connectivity index (χ3n) is 2.95. The quantitative estimate of drug-likeness (QED) is 0.592. The average Bonchev–Trinajstić information content (AvgIpc) is 2.35. The highest BCUT2D eigenvalue weighted by molar-refractivity contribution is 5.70. The van der Waals surface area contributed by atoms with Crippen molar-refractivity contribution in [1.82, 2.24) is 0 Å². The molecule has 3 nitrogen and oxygen atoms in total. The second-order valence-corrected chi connectivity index (χ2v) is 4.22. The van der Waals surface area contributed by atoms with E-state index < -0.39 is 0 Å². The minimum Gasteiger partial charge on any atom is -0.482 e. The van der Waals surface area contributed by atoms with E-state index in [1.165, 1.54) is 23.8 Å². The number of hydrogen-bond donors (Lipinski definition) is 0. The number of ether oxygens (including phenoxy) is 2. The van der Waals surface area contributed by atoms with Crippen LogP contribution in [0, 0.1) is 0 Å². The monoisotopic (exact) mass is 232 g/mol. The number of allylic oxidation sites excluding steroid dienone is 1. The van der Waals surface area contributed by atoms with E-state index in [9.17, 15) is 4.79 Å². The van der Waals surface area contributed by atoms with Crippen LogP contribution in [0.1, 0.15) is 17.5 Å². The van der Waals surface area contributed by atoms with Gasteiger partial charge in [0.1, 0.15) is 5.75 Å². The van der Waals surface area contributed by atoms with Crippen LogP contribution >= 0.6 is 0 Å². The van der Waals surface area contributed by atoms with Crippen molar-refractivity contribution in [3.05, 3.63) is 41.5 Å². The highest BCUT2D eigenvalue weighted by atomic mass is 16.6. The van der Waals surface area contributed by atoms with E-state index >= 15 is 0 Å². The van der Waals surface area contributed by atoms with E-state index in [2.05, 4.69) is 17.4 Å². The van der Waals surface area contributed by atoms with Crippen LogP contribution in [0.3, 0.4) is 0 Å². The molecule has 0 aliphatic heterocycles. The largest absolute Gasteiger partial charge is 0.482 e. The van der Waals surface area contributed by atoms with Gasteiger partial charge in [-0.2, -0.15) is 0 Å². The van der Waals surface area contributed by atoms with Crippen molar-refractivity contribution in [1.29, 1.82) is 0 Å². The second-order valence-electron chi connectivity index (χ2n) is 4.22. The van der Waals surface area contributed by atoms with Crippen molar-refractivity contribution in [2.45, 2.75) is 19.3 Å². The van der Waals surface area contributed by atoms with Gasteiger partial charge in [0.15, 0.2) is 6.61 Å². The molecular formula is C14H16O3. The first-order valence-electron chi connectivity index (χ1n) is 5.67. The van der Waals surface area contributed by atoms with Crippen LogP contribution < -0.4 is 4.74 Å². The SMILES string of the molecule is C=C1CCc2ccc(OCC(=O)OC)cc2C1. The summed E-state index contributed by atoms with van der Waals surface area (Å²) in [6.45, 7) is 3.97. The maximum atomic E-state index is 11.0. The standard InChI is InChI=1S/C14H16O3/c1-10-3-4-11-5-6-13(8-12(11)7-10)17-9-14(15)16-2/h5-6,8H,1,3-4,7,9H2,2H3. The first-order valence-corrected chi connectivity index (χ1v) is 5.67. The van der Waals surface area contributed by atoms with Gasteiger partial charge in [0.2, 0.25) is 0 Å². The Morgan fingerprint density at radius 1 is 1.35 bits per heavy atom.